The number of nitrogens with zero attached hydrogens (tertiary/aromatic N) is 4. The summed E-state index contributed by atoms with van der Waals surface area (Å²) in [5.74, 6) is 1.59. The number of benzene rings is 3. The van der Waals surface area contributed by atoms with Crippen LogP contribution in [0.4, 0.5) is 16.2 Å². The minimum Gasteiger partial charge on any atom is -0.497 e. The summed E-state index contributed by atoms with van der Waals surface area (Å²) in [6.45, 7) is 2.55. The lowest BCUT2D eigenvalue weighted by Crippen LogP contribution is -2.19. The van der Waals surface area contributed by atoms with Crippen LogP contribution in [0, 0.1) is 6.92 Å². The average Bonchev–Trinajstić information content (AvgIpc) is 3.57. The predicted octanol–water partition coefficient (Wildman–Crippen LogP) is 5.61. The molecular weight excluding hydrogens is 456 g/mol. The van der Waals surface area contributed by atoms with Gasteiger partial charge in [-0.3, -0.25) is 0 Å². The van der Waals surface area contributed by atoms with E-state index in [1.165, 1.54) is 0 Å². The van der Waals surface area contributed by atoms with Crippen LogP contribution in [0.2, 0.25) is 0 Å². The van der Waals surface area contributed by atoms with Gasteiger partial charge in [0.15, 0.2) is 0 Å². The van der Waals surface area contributed by atoms with Crippen molar-refractivity contribution in [2.75, 3.05) is 17.7 Å². The van der Waals surface area contributed by atoms with Gasteiger partial charge in [0.1, 0.15) is 11.4 Å². The third kappa shape index (κ3) is 5.25. The average molecular weight is 481 g/mol. The van der Waals surface area contributed by atoms with Gasteiger partial charge in [-0.2, -0.15) is 4.98 Å². The molecule has 0 saturated heterocycles. The number of hydrogen-bond donors (Lipinski definition) is 2. The summed E-state index contributed by atoms with van der Waals surface area (Å²) in [6, 6.07) is 22.4. The minimum absolute atomic E-state index is 0.287. The van der Waals surface area contributed by atoms with E-state index in [0.29, 0.717) is 29.6 Å². The molecule has 0 spiro atoms. The number of para-hydroxylation sites is 1. The van der Waals surface area contributed by atoms with Crippen LogP contribution in [0.15, 0.2) is 89.8 Å². The van der Waals surface area contributed by atoms with Crippen LogP contribution in [-0.4, -0.2) is 32.8 Å². The summed E-state index contributed by atoms with van der Waals surface area (Å²) in [5, 5.41) is 9.77. The van der Waals surface area contributed by atoms with Crippen molar-refractivity contribution in [1.29, 1.82) is 0 Å². The Hall–Kier alpha value is -4.92. The fourth-order valence-corrected chi connectivity index (χ4v) is 3.64. The maximum Gasteiger partial charge on any atom is 0.323 e. The van der Waals surface area contributed by atoms with E-state index in [-0.39, 0.29) is 6.03 Å². The first-order valence-corrected chi connectivity index (χ1v) is 11.3. The molecule has 2 amide bonds. The van der Waals surface area contributed by atoms with E-state index in [1.54, 1.807) is 13.4 Å². The van der Waals surface area contributed by atoms with Crippen LogP contribution in [-0.2, 0) is 6.54 Å². The highest BCUT2D eigenvalue weighted by Gasteiger charge is 2.13. The zero-order chi connectivity index (χ0) is 24.9. The summed E-state index contributed by atoms with van der Waals surface area (Å²) in [6.07, 6.45) is 3.57. The number of methoxy groups -OCH3 is 1. The van der Waals surface area contributed by atoms with E-state index in [1.807, 2.05) is 90.5 Å². The number of rotatable bonds is 7. The van der Waals surface area contributed by atoms with Gasteiger partial charge in [-0.15, -0.1) is 0 Å². The van der Waals surface area contributed by atoms with Gasteiger partial charge in [-0.1, -0.05) is 35.5 Å². The largest absolute Gasteiger partial charge is 0.497 e. The second-order valence-electron chi connectivity index (χ2n) is 8.17. The normalized spacial score (nSPS) is 10.7. The molecule has 5 rings (SSSR count). The number of aromatic nitrogens is 4. The van der Waals surface area contributed by atoms with Crippen LogP contribution in [0.25, 0.3) is 23.0 Å². The molecular formula is C27H24N6O3. The summed E-state index contributed by atoms with van der Waals surface area (Å²) in [7, 11) is 1.62. The number of hydrogen-bond acceptors (Lipinski definition) is 6. The van der Waals surface area contributed by atoms with Gasteiger partial charge >= 0.3 is 6.03 Å². The van der Waals surface area contributed by atoms with E-state index in [0.717, 1.165) is 28.1 Å². The number of carbonyl (C=O) groups excluding carboxylic acids is 1. The molecule has 9 nitrogen and oxygen atoms in total. The summed E-state index contributed by atoms with van der Waals surface area (Å²) >= 11 is 0. The molecule has 3 aromatic carbocycles. The van der Waals surface area contributed by atoms with Gasteiger partial charge < -0.3 is 24.5 Å². The lowest BCUT2D eigenvalue weighted by molar-refractivity contribution is 0.262. The van der Waals surface area contributed by atoms with Gasteiger partial charge in [0.05, 0.1) is 13.4 Å². The highest BCUT2D eigenvalue weighted by atomic mass is 16.5. The van der Waals surface area contributed by atoms with Crippen LogP contribution >= 0.6 is 0 Å². The molecule has 0 saturated carbocycles. The van der Waals surface area contributed by atoms with Gasteiger partial charge in [-0.05, 0) is 60.5 Å². The molecule has 2 N–H and O–H groups in total. The summed E-state index contributed by atoms with van der Waals surface area (Å²) < 4.78 is 12.5. The molecule has 9 heteroatoms. The molecule has 0 fully saturated rings. The first kappa shape index (κ1) is 22.9. The molecule has 2 heterocycles. The predicted molar refractivity (Wildman–Crippen MR) is 137 cm³/mol. The lowest BCUT2D eigenvalue weighted by atomic mass is 10.2. The number of amides is 2. The topological polar surface area (TPSA) is 107 Å². The number of aryl methyl sites for hydroxylation is 1. The maximum absolute atomic E-state index is 12.3. The number of ether oxygens (including phenoxy) is 1. The zero-order valence-electron chi connectivity index (χ0n) is 19.8. The van der Waals surface area contributed by atoms with Crippen LogP contribution in [0.1, 0.15) is 11.1 Å². The molecule has 0 bridgehead atoms. The summed E-state index contributed by atoms with van der Waals surface area (Å²) in [4.78, 5) is 21.2. The molecule has 5 aromatic rings. The Labute approximate surface area is 207 Å². The Morgan fingerprint density at radius 3 is 2.53 bits per heavy atom. The number of anilines is 2. The lowest BCUT2D eigenvalue weighted by Gasteiger charge is -2.10. The van der Waals surface area contributed by atoms with Crippen molar-refractivity contribution in [2.45, 2.75) is 13.5 Å². The fourth-order valence-electron chi connectivity index (χ4n) is 3.64. The monoisotopic (exact) mass is 480 g/mol. The van der Waals surface area contributed by atoms with E-state index in [4.69, 9.17) is 9.26 Å². The quantitative estimate of drug-likeness (QED) is 0.314. The van der Waals surface area contributed by atoms with Gasteiger partial charge in [0, 0.05) is 29.7 Å². The van der Waals surface area contributed by atoms with Crippen molar-refractivity contribution in [1.82, 2.24) is 19.7 Å². The van der Waals surface area contributed by atoms with Gasteiger partial charge in [-0.25, -0.2) is 9.78 Å². The second kappa shape index (κ2) is 10.1. The van der Waals surface area contributed by atoms with Crippen LogP contribution in [0.3, 0.4) is 0 Å². The SMILES string of the molecule is COc1ccc(-c2noc(-c3cn(Cc4ccc(NC(=O)Nc5ccccc5C)cc4)cn3)n2)cc1. The fraction of sp³-hybridized carbons (Fsp3) is 0.111. The van der Waals surface area contributed by atoms with E-state index in [9.17, 15) is 4.79 Å². The zero-order valence-corrected chi connectivity index (χ0v) is 19.8. The third-order valence-corrected chi connectivity index (χ3v) is 5.60. The molecule has 36 heavy (non-hydrogen) atoms. The molecule has 0 aliphatic carbocycles. The first-order chi connectivity index (χ1) is 17.6. The van der Waals surface area contributed by atoms with Crippen molar-refractivity contribution in [3.63, 3.8) is 0 Å². The molecule has 0 unspecified atom stereocenters. The van der Waals surface area contributed by atoms with Crippen molar-refractivity contribution in [2.24, 2.45) is 0 Å². The Bertz CT molecular complexity index is 1470. The second-order valence-corrected chi connectivity index (χ2v) is 8.17. The highest BCUT2D eigenvalue weighted by molar-refractivity contribution is 6.00. The van der Waals surface area contributed by atoms with Crippen molar-refractivity contribution in [3.8, 4) is 28.7 Å². The maximum atomic E-state index is 12.3. The van der Waals surface area contributed by atoms with E-state index < -0.39 is 0 Å². The number of urea groups is 1. The molecule has 0 atom stereocenters. The van der Waals surface area contributed by atoms with Crippen molar-refractivity contribution in [3.05, 3.63) is 96.4 Å². The third-order valence-electron chi connectivity index (χ3n) is 5.60. The molecule has 0 aliphatic heterocycles. The van der Waals surface area contributed by atoms with Crippen LogP contribution < -0.4 is 15.4 Å². The molecule has 0 radical (unpaired) electrons. The minimum atomic E-state index is -0.287. The first-order valence-electron chi connectivity index (χ1n) is 11.3. The van der Waals surface area contributed by atoms with Crippen molar-refractivity contribution >= 4 is 17.4 Å². The standard InChI is InChI=1S/C27H24N6O3/c1-18-5-3-4-6-23(18)30-27(34)29-21-11-7-19(8-12-21)15-33-16-24(28-17-33)26-31-25(32-36-26)20-9-13-22(35-2)14-10-20/h3-14,16-17H,15H2,1-2H3,(H2,29,30,34). The Morgan fingerprint density at radius 2 is 1.78 bits per heavy atom. The number of carbonyl (C=O) groups is 1. The van der Waals surface area contributed by atoms with E-state index in [2.05, 4.69) is 25.8 Å². The smallest absolute Gasteiger partial charge is 0.323 e. The number of nitrogens with one attached hydrogen (secondary N) is 2. The van der Waals surface area contributed by atoms with Gasteiger partial charge in [0.2, 0.25) is 5.82 Å². The molecule has 2 aromatic heterocycles. The van der Waals surface area contributed by atoms with Crippen molar-refractivity contribution < 1.29 is 14.1 Å². The van der Waals surface area contributed by atoms with Gasteiger partial charge in [0.25, 0.3) is 5.89 Å². The molecule has 180 valence electrons. The Kier molecular flexibility index (Phi) is 6.44. The van der Waals surface area contributed by atoms with E-state index >= 15 is 0 Å². The summed E-state index contributed by atoms with van der Waals surface area (Å²) in [5.41, 5.74) is 4.95. The Morgan fingerprint density at radius 1 is 1.00 bits per heavy atom. The highest BCUT2D eigenvalue weighted by Crippen LogP contribution is 2.23. The number of imidazole rings is 1. The molecule has 0 aliphatic rings. The Balaban J connectivity index is 1.20. The van der Waals surface area contributed by atoms with Crippen LogP contribution in [0.5, 0.6) is 5.75 Å².